The van der Waals surface area contributed by atoms with E-state index in [9.17, 15) is 4.79 Å². The third-order valence-corrected chi connectivity index (χ3v) is 2.13. The van der Waals surface area contributed by atoms with Crippen molar-refractivity contribution in [3.05, 3.63) is 10.7 Å². The Labute approximate surface area is 79.9 Å². The summed E-state index contributed by atoms with van der Waals surface area (Å²) >= 11 is 3.26. The van der Waals surface area contributed by atoms with Crippen LogP contribution in [0.1, 0.15) is 20.3 Å². The lowest BCUT2D eigenvalue weighted by atomic mass is 10.0. The maximum Gasteiger partial charge on any atom is 0.350 e. The Kier molecular flexibility index (Phi) is 2.77. The van der Waals surface area contributed by atoms with Gasteiger partial charge in [-0.25, -0.2) is 4.79 Å². The largest absolute Gasteiger partial charge is 0.482 e. The highest BCUT2D eigenvalue weighted by molar-refractivity contribution is 9.11. The van der Waals surface area contributed by atoms with E-state index in [1.54, 1.807) is 13.8 Å². The van der Waals surface area contributed by atoms with Gasteiger partial charge in [-0.2, -0.15) is 0 Å². The summed E-state index contributed by atoms with van der Waals surface area (Å²) in [4.78, 5) is 11.3. The summed E-state index contributed by atoms with van der Waals surface area (Å²) in [5.41, 5.74) is -0.825. The van der Waals surface area contributed by atoms with Crippen molar-refractivity contribution in [2.24, 2.45) is 0 Å². The first-order chi connectivity index (χ1) is 5.58. The van der Waals surface area contributed by atoms with Crippen LogP contribution in [0.5, 0.6) is 0 Å². The van der Waals surface area contributed by atoms with Gasteiger partial charge in [0.2, 0.25) is 5.60 Å². The maximum absolute atomic E-state index is 11.3. The Morgan fingerprint density at radius 1 is 1.92 bits per heavy atom. The summed E-state index contributed by atoms with van der Waals surface area (Å²) in [5, 5.41) is 0. The molecule has 4 heteroatoms. The highest BCUT2D eigenvalue weighted by atomic mass is 79.9. The van der Waals surface area contributed by atoms with E-state index in [0.29, 0.717) is 13.0 Å². The molecule has 1 aliphatic rings. The molecule has 0 spiro atoms. The number of rotatable bonds is 2. The van der Waals surface area contributed by atoms with Crippen molar-refractivity contribution in [3.63, 3.8) is 0 Å². The Morgan fingerprint density at radius 2 is 2.58 bits per heavy atom. The third kappa shape index (κ3) is 1.80. The van der Waals surface area contributed by atoms with E-state index in [1.165, 1.54) is 6.26 Å². The molecular formula is C8H11BrO3. The van der Waals surface area contributed by atoms with E-state index in [4.69, 9.17) is 9.47 Å². The minimum absolute atomic E-state index is 0.310. The van der Waals surface area contributed by atoms with Gasteiger partial charge < -0.3 is 9.47 Å². The van der Waals surface area contributed by atoms with Crippen LogP contribution in [0.3, 0.4) is 0 Å². The standard InChI is InChI=1S/C8H11BrO3/c1-3-11-7(10)8(2)4-6(9)5-12-8/h5H,3-4H2,1-2H3. The Morgan fingerprint density at radius 3 is 3.00 bits per heavy atom. The number of hydrogen-bond acceptors (Lipinski definition) is 3. The monoisotopic (exact) mass is 234 g/mol. The zero-order valence-electron chi connectivity index (χ0n) is 7.09. The van der Waals surface area contributed by atoms with Crippen molar-refractivity contribution in [2.45, 2.75) is 25.9 Å². The van der Waals surface area contributed by atoms with Gasteiger partial charge in [-0.05, 0) is 13.8 Å². The molecule has 1 rings (SSSR count). The molecule has 12 heavy (non-hydrogen) atoms. The SMILES string of the molecule is CCOC(=O)C1(C)CC(Br)=CO1. The van der Waals surface area contributed by atoms with Gasteiger partial charge in [0.05, 0.1) is 12.9 Å². The van der Waals surface area contributed by atoms with Crippen molar-refractivity contribution < 1.29 is 14.3 Å². The minimum atomic E-state index is -0.825. The van der Waals surface area contributed by atoms with Gasteiger partial charge in [0.25, 0.3) is 0 Å². The Hall–Kier alpha value is -0.510. The van der Waals surface area contributed by atoms with Gasteiger partial charge in [-0.15, -0.1) is 0 Å². The molecule has 0 aromatic rings. The lowest BCUT2D eigenvalue weighted by Crippen LogP contribution is -2.36. The number of carbonyl (C=O) groups is 1. The fourth-order valence-corrected chi connectivity index (χ4v) is 1.63. The highest BCUT2D eigenvalue weighted by Crippen LogP contribution is 2.32. The molecule has 0 fully saturated rings. The molecule has 1 aliphatic heterocycles. The van der Waals surface area contributed by atoms with E-state index in [-0.39, 0.29) is 5.97 Å². The fourth-order valence-electron chi connectivity index (χ4n) is 1.00. The van der Waals surface area contributed by atoms with E-state index >= 15 is 0 Å². The van der Waals surface area contributed by atoms with Crippen LogP contribution in [0.2, 0.25) is 0 Å². The van der Waals surface area contributed by atoms with Crippen LogP contribution in [-0.4, -0.2) is 18.2 Å². The summed E-state index contributed by atoms with van der Waals surface area (Å²) in [6, 6.07) is 0. The average Bonchev–Trinajstić information content (AvgIpc) is 2.33. The van der Waals surface area contributed by atoms with Crippen molar-refractivity contribution in [1.29, 1.82) is 0 Å². The third-order valence-electron chi connectivity index (χ3n) is 1.66. The van der Waals surface area contributed by atoms with Crippen LogP contribution in [0.15, 0.2) is 10.7 Å². The normalized spacial score (nSPS) is 27.8. The molecule has 1 heterocycles. The molecule has 68 valence electrons. The molecule has 0 bridgehead atoms. The van der Waals surface area contributed by atoms with Crippen molar-refractivity contribution in [2.75, 3.05) is 6.61 Å². The summed E-state index contributed by atoms with van der Waals surface area (Å²) in [6.45, 7) is 3.88. The van der Waals surface area contributed by atoms with E-state index < -0.39 is 5.60 Å². The molecule has 0 aromatic heterocycles. The predicted octanol–water partition coefficient (Wildman–Crippen LogP) is 1.96. The lowest BCUT2D eigenvalue weighted by Gasteiger charge is -2.20. The number of esters is 1. The first-order valence-corrected chi connectivity index (χ1v) is 4.57. The molecule has 3 nitrogen and oxygen atoms in total. The molecular weight excluding hydrogens is 224 g/mol. The fraction of sp³-hybridized carbons (Fsp3) is 0.625. The molecule has 1 unspecified atom stereocenters. The van der Waals surface area contributed by atoms with Crippen LogP contribution < -0.4 is 0 Å². The summed E-state index contributed by atoms with van der Waals surface area (Å²) in [7, 11) is 0. The van der Waals surface area contributed by atoms with Crippen molar-refractivity contribution in [3.8, 4) is 0 Å². The molecule has 0 saturated carbocycles. The first-order valence-electron chi connectivity index (χ1n) is 3.78. The summed E-state index contributed by atoms with van der Waals surface area (Å²) in [6.07, 6.45) is 2.09. The number of halogens is 1. The van der Waals surface area contributed by atoms with Crippen LogP contribution >= 0.6 is 15.9 Å². The second kappa shape index (κ2) is 3.47. The molecule has 0 aliphatic carbocycles. The zero-order valence-corrected chi connectivity index (χ0v) is 8.68. The van der Waals surface area contributed by atoms with E-state index in [1.807, 2.05) is 0 Å². The molecule has 0 radical (unpaired) electrons. The second-order valence-electron chi connectivity index (χ2n) is 2.81. The van der Waals surface area contributed by atoms with E-state index in [2.05, 4.69) is 15.9 Å². The molecule has 1 atom stereocenters. The molecule has 0 saturated heterocycles. The van der Waals surface area contributed by atoms with Crippen LogP contribution in [0.25, 0.3) is 0 Å². The van der Waals surface area contributed by atoms with Gasteiger partial charge in [0.1, 0.15) is 0 Å². The smallest absolute Gasteiger partial charge is 0.350 e. The lowest BCUT2D eigenvalue weighted by molar-refractivity contribution is -0.161. The maximum atomic E-state index is 11.3. The molecule has 0 aromatic carbocycles. The Balaban J connectivity index is 2.57. The number of hydrogen-bond donors (Lipinski definition) is 0. The summed E-state index contributed by atoms with van der Waals surface area (Å²) < 4.78 is 10.9. The second-order valence-corrected chi connectivity index (χ2v) is 3.83. The van der Waals surface area contributed by atoms with Gasteiger partial charge in [0, 0.05) is 10.9 Å². The molecule has 0 amide bonds. The van der Waals surface area contributed by atoms with Crippen molar-refractivity contribution >= 4 is 21.9 Å². The highest BCUT2D eigenvalue weighted by Gasteiger charge is 2.40. The minimum Gasteiger partial charge on any atom is -0.482 e. The Bertz CT molecular complexity index is 224. The quantitative estimate of drug-likeness (QED) is 0.686. The van der Waals surface area contributed by atoms with Gasteiger partial charge in [-0.1, -0.05) is 15.9 Å². The number of carbonyl (C=O) groups excluding carboxylic acids is 1. The molecule has 0 N–H and O–H groups in total. The van der Waals surface area contributed by atoms with Crippen LogP contribution in [0.4, 0.5) is 0 Å². The topological polar surface area (TPSA) is 35.5 Å². The van der Waals surface area contributed by atoms with E-state index in [0.717, 1.165) is 4.48 Å². The van der Waals surface area contributed by atoms with Crippen molar-refractivity contribution in [1.82, 2.24) is 0 Å². The van der Waals surface area contributed by atoms with Crippen LogP contribution in [0, 0.1) is 0 Å². The summed E-state index contributed by atoms with van der Waals surface area (Å²) in [5.74, 6) is -0.310. The first kappa shape index (κ1) is 9.58. The van der Waals surface area contributed by atoms with Gasteiger partial charge in [-0.3, -0.25) is 0 Å². The number of ether oxygens (including phenoxy) is 2. The zero-order chi connectivity index (χ0) is 9.19. The van der Waals surface area contributed by atoms with Gasteiger partial charge >= 0.3 is 5.97 Å². The van der Waals surface area contributed by atoms with Gasteiger partial charge in [0.15, 0.2) is 0 Å². The average molecular weight is 235 g/mol. The predicted molar refractivity (Wildman–Crippen MR) is 47.8 cm³/mol. The van der Waals surface area contributed by atoms with Crippen LogP contribution in [-0.2, 0) is 14.3 Å².